The van der Waals surface area contributed by atoms with Crippen molar-refractivity contribution in [3.8, 4) is 0 Å². The molecule has 0 aliphatic carbocycles. The summed E-state index contributed by atoms with van der Waals surface area (Å²) in [5, 5.41) is 1.05. The summed E-state index contributed by atoms with van der Waals surface area (Å²) in [5.41, 5.74) is 4.39. The molecular weight excluding hydrogens is 256 g/mol. The van der Waals surface area contributed by atoms with Gasteiger partial charge in [-0.2, -0.15) is 0 Å². The normalized spacial score (nSPS) is 10.9. The van der Waals surface area contributed by atoms with Crippen LogP contribution < -0.4 is 5.43 Å². The maximum Gasteiger partial charge on any atom is 0.428 e. The maximum absolute atomic E-state index is 12.1. The van der Waals surface area contributed by atoms with E-state index in [2.05, 4.69) is 5.43 Å². The molecule has 0 aromatic heterocycles. The first-order valence-electron chi connectivity index (χ1n) is 6.44. The minimum Gasteiger partial charge on any atom is -0.442 e. The van der Waals surface area contributed by atoms with Gasteiger partial charge >= 0.3 is 6.09 Å². The lowest BCUT2D eigenvalue weighted by atomic mass is 10.1. The van der Waals surface area contributed by atoms with Crippen molar-refractivity contribution in [1.29, 1.82) is 0 Å². The molecule has 5 heteroatoms. The molecule has 5 nitrogen and oxygen atoms in total. The van der Waals surface area contributed by atoms with E-state index in [4.69, 9.17) is 4.74 Å². The van der Waals surface area contributed by atoms with Gasteiger partial charge in [-0.25, -0.2) is 9.80 Å². The van der Waals surface area contributed by atoms with Gasteiger partial charge < -0.3 is 4.74 Å². The molecule has 1 N–H and O–H groups in total. The molecule has 0 spiro atoms. The highest BCUT2D eigenvalue weighted by molar-refractivity contribution is 5.95. The molecule has 0 radical (unpaired) electrons. The number of carbonyl (C=O) groups excluding carboxylic acids is 2. The first-order valence-corrected chi connectivity index (χ1v) is 6.44. The van der Waals surface area contributed by atoms with Crippen molar-refractivity contribution in [3.63, 3.8) is 0 Å². The fourth-order valence-electron chi connectivity index (χ4n) is 1.70. The Morgan fingerprint density at radius 3 is 2.05 bits per heavy atom. The van der Waals surface area contributed by atoms with Gasteiger partial charge in [0.05, 0.1) is 0 Å². The number of aryl methyl sites for hydroxylation is 2. The predicted molar refractivity (Wildman–Crippen MR) is 77.4 cm³/mol. The van der Waals surface area contributed by atoms with Gasteiger partial charge in [-0.3, -0.25) is 10.2 Å². The molecule has 0 aliphatic rings. The maximum atomic E-state index is 12.1. The number of benzene rings is 1. The fraction of sp³-hybridized carbons (Fsp3) is 0.467. The number of rotatable bonds is 1. The van der Waals surface area contributed by atoms with Crippen molar-refractivity contribution < 1.29 is 14.3 Å². The third-order valence-electron chi connectivity index (χ3n) is 2.42. The number of carbonyl (C=O) groups is 2. The van der Waals surface area contributed by atoms with Crippen LogP contribution in [0, 0.1) is 13.8 Å². The highest BCUT2D eigenvalue weighted by Gasteiger charge is 2.21. The lowest BCUT2D eigenvalue weighted by molar-refractivity contribution is 0.0195. The summed E-state index contributed by atoms with van der Waals surface area (Å²) >= 11 is 0. The molecule has 0 heterocycles. The Labute approximate surface area is 119 Å². The topological polar surface area (TPSA) is 58.6 Å². The first kappa shape index (κ1) is 16.0. The summed E-state index contributed by atoms with van der Waals surface area (Å²) in [4.78, 5) is 23.8. The van der Waals surface area contributed by atoms with Crippen molar-refractivity contribution in [2.24, 2.45) is 0 Å². The zero-order valence-corrected chi connectivity index (χ0v) is 12.9. The molecule has 2 amide bonds. The predicted octanol–water partition coefficient (Wildman–Crippen LogP) is 2.82. The number of amides is 2. The van der Waals surface area contributed by atoms with Crippen LogP contribution >= 0.6 is 0 Å². The SMILES string of the molecule is Cc1cc(C)cc(C(=O)NN(C)C(=O)OC(C)(C)C)c1. The van der Waals surface area contributed by atoms with Crippen LogP contribution in [0.5, 0.6) is 0 Å². The van der Waals surface area contributed by atoms with E-state index in [1.807, 2.05) is 19.9 Å². The first-order chi connectivity index (χ1) is 9.08. The van der Waals surface area contributed by atoms with E-state index >= 15 is 0 Å². The Hall–Kier alpha value is -2.04. The molecule has 0 saturated carbocycles. The highest BCUT2D eigenvalue weighted by Crippen LogP contribution is 2.10. The number of hydrogen-bond donors (Lipinski definition) is 1. The van der Waals surface area contributed by atoms with Gasteiger partial charge in [-0.15, -0.1) is 0 Å². The Balaban J connectivity index is 2.72. The number of hydrazine groups is 1. The molecule has 1 aromatic rings. The third kappa shape index (κ3) is 4.91. The molecule has 110 valence electrons. The van der Waals surface area contributed by atoms with E-state index in [0.29, 0.717) is 5.56 Å². The number of nitrogens with zero attached hydrogens (tertiary/aromatic N) is 1. The zero-order valence-electron chi connectivity index (χ0n) is 12.9. The monoisotopic (exact) mass is 278 g/mol. The van der Waals surface area contributed by atoms with E-state index < -0.39 is 11.7 Å². The number of hydrogen-bond acceptors (Lipinski definition) is 3. The summed E-state index contributed by atoms with van der Waals surface area (Å²) in [6.07, 6.45) is -0.602. The second-order valence-electron chi connectivity index (χ2n) is 5.86. The molecule has 0 aliphatic heterocycles. The van der Waals surface area contributed by atoms with Crippen molar-refractivity contribution in [2.45, 2.75) is 40.2 Å². The Kier molecular flexibility index (Phi) is 4.76. The average molecular weight is 278 g/mol. The van der Waals surface area contributed by atoms with Crippen molar-refractivity contribution in [3.05, 3.63) is 34.9 Å². The van der Waals surface area contributed by atoms with Gasteiger partial charge in [-0.05, 0) is 46.8 Å². The van der Waals surface area contributed by atoms with E-state index in [0.717, 1.165) is 16.1 Å². The summed E-state index contributed by atoms with van der Waals surface area (Å²) in [6.45, 7) is 9.14. The zero-order chi connectivity index (χ0) is 15.5. The van der Waals surface area contributed by atoms with Crippen molar-refractivity contribution in [2.75, 3.05) is 7.05 Å². The molecular formula is C15H22N2O3. The van der Waals surface area contributed by atoms with Gasteiger partial charge in [-0.1, -0.05) is 17.2 Å². The van der Waals surface area contributed by atoms with Crippen LogP contribution in [0.15, 0.2) is 18.2 Å². The Morgan fingerprint density at radius 2 is 1.60 bits per heavy atom. The third-order valence-corrected chi connectivity index (χ3v) is 2.42. The highest BCUT2D eigenvalue weighted by atomic mass is 16.6. The van der Waals surface area contributed by atoms with Crippen molar-refractivity contribution >= 4 is 12.0 Å². The quantitative estimate of drug-likeness (QED) is 0.804. The molecule has 1 aromatic carbocycles. The van der Waals surface area contributed by atoms with Gasteiger partial charge in [0.1, 0.15) is 5.60 Å². The molecule has 0 atom stereocenters. The number of nitrogens with one attached hydrogen (secondary N) is 1. The fourth-order valence-corrected chi connectivity index (χ4v) is 1.70. The largest absolute Gasteiger partial charge is 0.442 e. The van der Waals surface area contributed by atoms with Gasteiger partial charge in [0.15, 0.2) is 0 Å². The van der Waals surface area contributed by atoms with Crippen LogP contribution in [-0.2, 0) is 4.74 Å². The van der Waals surface area contributed by atoms with Gasteiger partial charge in [0.2, 0.25) is 0 Å². The second kappa shape index (κ2) is 5.94. The van der Waals surface area contributed by atoms with Crippen LogP contribution in [0.2, 0.25) is 0 Å². The second-order valence-corrected chi connectivity index (χ2v) is 5.86. The standard InChI is InChI=1S/C15H22N2O3/c1-10-7-11(2)9-12(8-10)13(18)16-17(6)14(19)20-15(3,4)5/h7-9H,1-6H3,(H,16,18). The van der Waals surface area contributed by atoms with Crippen LogP contribution in [0.1, 0.15) is 42.3 Å². The Morgan fingerprint density at radius 1 is 1.10 bits per heavy atom. The molecule has 0 saturated heterocycles. The van der Waals surface area contributed by atoms with Crippen LogP contribution in [0.25, 0.3) is 0 Å². The minimum atomic E-state index is -0.602. The summed E-state index contributed by atoms with van der Waals surface area (Å²) in [6, 6.07) is 5.52. The molecule has 1 rings (SSSR count). The summed E-state index contributed by atoms with van der Waals surface area (Å²) in [5.74, 6) is -0.342. The Bertz CT molecular complexity index is 498. The van der Waals surface area contributed by atoms with E-state index in [-0.39, 0.29) is 5.91 Å². The van der Waals surface area contributed by atoms with Crippen molar-refractivity contribution in [1.82, 2.24) is 10.4 Å². The van der Waals surface area contributed by atoms with Gasteiger partial charge in [0, 0.05) is 12.6 Å². The molecule has 20 heavy (non-hydrogen) atoms. The number of ether oxygens (including phenoxy) is 1. The summed E-state index contributed by atoms with van der Waals surface area (Å²) < 4.78 is 5.16. The van der Waals surface area contributed by atoms with Crippen LogP contribution in [0.4, 0.5) is 4.79 Å². The van der Waals surface area contributed by atoms with E-state index in [1.165, 1.54) is 7.05 Å². The molecule has 0 fully saturated rings. The van der Waals surface area contributed by atoms with Gasteiger partial charge in [0.25, 0.3) is 5.91 Å². The lowest BCUT2D eigenvalue weighted by Crippen LogP contribution is -2.45. The molecule has 0 bridgehead atoms. The van der Waals surface area contributed by atoms with Crippen LogP contribution in [-0.4, -0.2) is 29.7 Å². The lowest BCUT2D eigenvalue weighted by Gasteiger charge is -2.24. The minimum absolute atomic E-state index is 0.342. The van der Waals surface area contributed by atoms with Crippen LogP contribution in [0.3, 0.4) is 0 Å². The summed E-state index contributed by atoms with van der Waals surface area (Å²) in [7, 11) is 1.45. The van der Waals surface area contributed by atoms with E-state index in [1.54, 1.807) is 32.9 Å². The average Bonchev–Trinajstić information content (AvgIpc) is 2.25. The smallest absolute Gasteiger partial charge is 0.428 e. The molecule has 0 unspecified atom stereocenters. The van der Waals surface area contributed by atoms with E-state index in [9.17, 15) is 9.59 Å².